The van der Waals surface area contributed by atoms with Crippen LogP contribution in [-0.2, 0) is 24.7 Å². The van der Waals surface area contributed by atoms with E-state index in [-0.39, 0.29) is 24.8 Å². The van der Waals surface area contributed by atoms with Gasteiger partial charge < -0.3 is 24.8 Å². The van der Waals surface area contributed by atoms with Crippen LogP contribution in [0.1, 0.15) is 29.7 Å². The first kappa shape index (κ1) is 22.4. The Morgan fingerprint density at radius 3 is 2.56 bits per heavy atom. The van der Waals surface area contributed by atoms with Crippen molar-refractivity contribution in [1.29, 1.82) is 0 Å². The third kappa shape index (κ3) is 4.95. The van der Waals surface area contributed by atoms with Crippen LogP contribution in [0.25, 0.3) is 6.08 Å². The third-order valence-corrected chi connectivity index (χ3v) is 6.68. The topological polar surface area (TPSA) is 12.9 Å². The summed E-state index contributed by atoms with van der Waals surface area (Å²) in [5.74, 6) is 1.02. The van der Waals surface area contributed by atoms with Gasteiger partial charge in [-0.25, -0.2) is 0 Å². The van der Waals surface area contributed by atoms with Crippen LogP contribution in [0, 0.1) is 5.92 Å². The molecule has 1 aromatic carbocycles. The predicted molar refractivity (Wildman–Crippen MR) is 103 cm³/mol. The van der Waals surface area contributed by atoms with E-state index in [0.717, 1.165) is 5.69 Å². The summed E-state index contributed by atoms with van der Waals surface area (Å²) in [4.78, 5) is 7.42. The van der Waals surface area contributed by atoms with Crippen molar-refractivity contribution in [3.05, 3.63) is 103 Å². The summed E-state index contributed by atoms with van der Waals surface area (Å²) in [5.41, 5.74) is 3.91. The molecule has 0 spiro atoms. The van der Waals surface area contributed by atoms with Crippen LogP contribution in [-0.4, -0.2) is 4.98 Å². The fourth-order valence-corrected chi connectivity index (χ4v) is 5.52. The van der Waals surface area contributed by atoms with Crippen LogP contribution >= 0.6 is 11.8 Å². The van der Waals surface area contributed by atoms with Crippen molar-refractivity contribution in [2.45, 2.75) is 12.8 Å². The summed E-state index contributed by atoms with van der Waals surface area (Å²) in [6.07, 6.45) is 13.0. The van der Waals surface area contributed by atoms with E-state index in [0.29, 0.717) is 11.8 Å². The Morgan fingerprint density at radius 2 is 1.81 bits per heavy atom. The molecule has 2 unspecified atom stereocenters. The average molecular weight is 491 g/mol. The minimum absolute atomic E-state index is 0. The fraction of sp³-hybridized carbons (Fsp3) is 0.136. The number of hydrogen-bond donors (Lipinski definition) is 0. The molecule has 1 aromatic heterocycles. The normalized spacial score (nSPS) is 20.8. The molecule has 3 aliphatic rings. The van der Waals surface area contributed by atoms with Crippen molar-refractivity contribution in [1.82, 2.24) is 4.98 Å². The first-order valence-corrected chi connectivity index (χ1v) is 10.4. The van der Waals surface area contributed by atoms with E-state index in [1.165, 1.54) is 48.9 Å². The van der Waals surface area contributed by atoms with Crippen molar-refractivity contribution < 1.29 is 49.5 Å². The quantitative estimate of drug-likeness (QED) is 0.551. The molecule has 0 N–H and O–H groups in total. The van der Waals surface area contributed by atoms with Gasteiger partial charge in [0, 0.05) is 10.8 Å². The molecule has 27 heavy (non-hydrogen) atoms. The second-order valence-corrected chi connectivity index (χ2v) is 9.01. The summed E-state index contributed by atoms with van der Waals surface area (Å²) in [5, 5.41) is 0. The number of hydrogen-bond acceptors (Lipinski definition) is 2. The minimum atomic E-state index is 0. The van der Waals surface area contributed by atoms with Crippen molar-refractivity contribution in [2.24, 2.45) is 5.92 Å². The molecule has 5 rings (SSSR count). The number of allylic oxidation sites excluding steroid dienone is 7. The van der Waals surface area contributed by atoms with Gasteiger partial charge in [-0.1, -0.05) is 36.1 Å². The van der Waals surface area contributed by atoms with Crippen LogP contribution in [0.3, 0.4) is 0 Å². The van der Waals surface area contributed by atoms with Crippen molar-refractivity contribution in [3.63, 3.8) is 0 Å². The molecule has 0 fully saturated rings. The fourth-order valence-electron chi connectivity index (χ4n) is 3.38. The van der Waals surface area contributed by atoms with Crippen molar-refractivity contribution in [2.75, 3.05) is 0 Å². The number of benzene rings is 1. The van der Waals surface area contributed by atoms with Gasteiger partial charge in [0.05, 0.1) is 0 Å². The Hall–Kier alpha value is -0.857. The zero-order valence-corrected chi connectivity index (χ0v) is 19.6. The Bertz CT molecular complexity index is 919. The van der Waals surface area contributed by atoms with E-state index in [1.807, 2.05) is 24.0 Å². The molecular weight excluding hydrogens is 472 g/mol. The SMILES string of the molecule is CC1=CC2C=CC=C2S1.[Cl-].[Cl-].[Zr+2][C]1=Cc2ccccc2C1c1ccccn1. The molecule has 0 saturated carbocycles. The number of thioether (sulfide) groups is 1. The molecule has 2 aromatic rings. The molecule has 135 valence electrons. The van der Waals surface area contributed by atoms with Gasteiger partial charge in [-0.05, 0) is 11.8 Å². The van der Waals surface area contributed by atoms with E-state index >= 15 is 0 Å². The van der Waals surface area contributed by atoms with Gasteiger partial charge in [0.1, 0.15) is 0 Å². The Morgan fingerprint density at radius 1 is 1.04 bits per heavy atom. The molecule has 0 amide bonds. The van der Waals surface area contributed by atoms with Gasteiger partial charge in [0.25, 0.3) is 0 Å². The van der Waals surface area contributed by atoms with E-state index in [1.54, 1.807) is 0 Å². The zero-order chi connectivity index (χ0) is 17.2. The summed E-state index contributed by atoms with van der Waals surface area (Å²) in [7, 11) is 0. The van der Waals surface area contributed by atoms with Crippen LogP contribution in [0.15, 0.2) is 86.1 Å². The summed E-state index contributed by atoms with van der Waals surface area (Å²) < 4.78 is 1.46. The van der Waals surface area contributed by atoms with Gasteiger partial charge in [-0.15, -0.1) is 0 Å². The number of pyridine rings is 1. The van der Waals surface area contributed by atoms with Gasteiger partial charge >= 0.3 is 110 Å². The van der Waals surface area contributed by atoms with E-state index in [2.05, 4.69) is 78.7 Å². The molecule has 2 aliphatic carbocycles. The van der Waals surface area contributed by atoms with Crippen molar-refractivity contribution in [3.8, 4) is 0 Å². The summed E-state index contributed by atoms with van der Waals surface area (Å²) in [6.45, 7) is 2.16. The Labute approximate surface area is 192 Å². The number of nitrogens with zero attached hydrogens (tertiary/aromatic N) is 1. The van der Waals surface area contributed by atoms with Crippen LogP contribution in [0.5, 0.6) is 0 Å². The molecule has 0 bridgehead atoms. The van der Waals surface area contributed by atoms with Crippen LogP contribution in [0.4, 0.5) is 0 Å². The zero-order valence-electron chi connectivity index (χ0n) is 14.8. The Balaban J connectivity index is 0.000000205. The van der Waals surface area contributed by atoms with Gasteiger partial charge in [-0.2, -0.15) is 0 Å². The first-order valence-electron chi connectivity index (χ1n) is 8.40. The van der Waals surface area contributed by atoms with E-state index in [4.69, 9.17) is 0 Å². The Kier molecular flexibility index (Phi) is 8.37. The van der Waals surface area contributed by atoms with Gasteiger partial charge in [0.15, 0.2) is 0 Å². The molecule has 0 radical (unpaired) electrons. The summed E-state index contributed by atoms with van der Waals surface area (Å²) >= 11 is 3.37. The van der Waals surface area contributed by atoms with E-state index < -0.39 is 0 Å². The van der Waals surface area contributed by atoms with E-state index in [9.17, 15) is 0 Å². The molecule has 1 nitrogen and oxygen atoms in total. The average Bonchev–Trinajstić information content (AvgIpc) is 3.28. The molecule has 2 atom stereocenters. The van der Waals surface area contributed by atoms with Crippen LogP contribution < -0.4 is 24.8 Å². The molecule has 1 aliphatic heterocycles. The predicted octanol–water partition coefficient (Wildman–Crippen LogP) is -0.170. The maximum absolute atomic E-state index is 4.48. The standard InChI is InChI=1S/C14H10N.C8H8S.2ClH.Zr/c1-2-6-12-11(5-1)8-9-13(12)14-7-3-4-10-15-14;1-6-5-7-3-2-4-8(7)9-6;;;/h1-8,10,13H;2-5,7H,1H3;2*1H;/q;;;;+2/p-2. The number of aromatic nitrogens is 1. The molecular formula is C22H18Cl2NSZr. The molecule has 0 saturated heterocycles. The molecule has 5 heteroatoms. The van der Waals surface area contributed by atoms with Crippen LogP contribution in [0.2, 0.25) is 0 Å². The second-order valence-electron chi connectivity index (χ2n) is 6.28. The first-order chi connectivity index (χ1) is 12.2. The summed E-state index contributed by atoms with van der Waals surface area (Å²) in [6, 6.07) is 14.7. The number of rotatable bonds is 1. The van der Waals surface area contributed by atoms with Gasteiger partial charge in [-0.3, -0.25) is 0 Å². The monoisotopic (exact) mass is 488 g/mol. The molecule has 2 heterocycles. The number of fused-ring (bicyclic) bond motifs is 2. The number of halogens is 2. The van der Waals surface area contributed by atoms with Gasteiger partial charge in [0.2, 0.25) is 0 Å². The second kappa shape index (κ2) is 10.1. The maximum atomic E-state index is 4.48. The third-order valence-electron chi connectivity index (χ3n) is 4.51. The van der Waals surface area contributed by atoms with Crippen molar-refractivity contribution >= 4 is 17.8 Å².